The van der Waals surface area contributed by atoms with Crippen molar-refractivity contribution in [3.8, 4) is 5.75 Å². The van der Waals surface area contributed by atoms with Gasteiger partial charge in [0, 0.05) is 12.6 Å². The topological polar surface area (TPSA) is 98.5 Å². The number of amides is 1. The zero-order valence-corrected chi connectivity index (χ0v) is 16.5. The smallest absolute Gasteiger partial charge is 0.322 e. The summed E-state index contributed by atoms with van der Waals surface area (Å²) in [6.45, 7) is 2.76. The van der Waals surface area contributed by atoms with Gasteiger partial charge in [-0.05, 0) is 24.0 Å². The van der Waals surface area contributed by atoms with E-state index in [1.807, 2.05) is 0 Å². The van der Waals surface area contributed by atoms with Crippen LogP contribution in [-0.4, -0.2) is 29.6 Å². The summed E-state index contributed by atoms with van der Waals surface area (Å²) in [5, 5.41) is 14.8. The van der Waals surface area contributed by atoms with Crippen LogP contribution in [0.5, 0.6) is 5.75 Å². The van der Waals surface area contributed by atoms with Crippen LogP contribution in [0.4, 0.5) is 5.69 Å². The fourth-order valence-corrected chi connectivity index (χ4v) is 3.04. The third-order valence-electron chi connectivity index (χ3n) is 3.85. The molecule has 1 rings (SSSR count). The SMILES string of the molecule is CCCCCCCCNC(=O)C=CSC(=O)c1cccc(OC)c1[N+](=O)[O-]. The minimum absolute atomic E-state index is 0.0205. The Hall–Kier alpha value is -2.35. The molecule has 0 aliphatic carbocycles. The Kier molecular flexibility index (Phi) is 10.9. The minimum Gasteiger partial charge on any atom is -0.490 e. The van der Waals surface area contributed by atoms with Gasteiger partial charge in [-0.15, -0.1) is 0 Å². The summed E-state index contributed by atoms with van der Waals surface area (Å²) in [5.41, 5.74) is -0.445. The van der Waals surface area contributed by atoms with Crippen LogP contribution < -0.4 is 10.1 Å². The fourth-order valence-electron chi connectivity index (χ4n) is 2.44. The van der Waals surface area contributed by atoms with E-state index >= 15 is 0 Å². The first kappa shape index (κ1) is 22.7. The lowest BCUT2D eigenvalue weighted by Gasteiger charge is -2.05. The number of hydrogen-bond donors (Lipinski definition) is 1. The number of carbonyl (C=O) groups is 2. The number of hydrogen-bond acceptors (Lipinski definition) is 6. The predicted octanol–water partition coefficient (Wildman–Crippen LogP) is 4.47. The van der Waals surface area contributed by atoms with E-state index in [1.54, 1.807) is 0 Å². The average molecular weight is 394 g/mol. The first-order valence-electron chi connectivity index (χ1n) is 8.98. The summed E-state index contributed by atoms with van der Waals surface area (Å²) < 4.78 is 4.94. The van der Waals surface area contributed by atoms with E-state index in [2.05, 4.69) is 12.2 Å². The zero-order chi connectivity index (χ0) is 20.1. The number of nitro groups is 1. The Bertz CT molecular complexity index is 676. The summed E-state index contributed by atoms with van der Waals surface area (Å²) in [6, 6.07) is 4.30. The molecule has 0 saturated carbocycles. The van der Waals surface area contributed by atoms with Crippen molar-refractivity contribution in [2.24, 2.45) is 0 Å². The van der Waals surface area contributed by atoms with Gasteiger partial charge in [-0.3, -0.25) is 19.7 Å². The zero-order valence-electron chi connectivity index (χ0n) is 15.7. The number of unbranched alkanes of at least 4 members (excludes halogenated alkanes) is 5. The summed E-state index contributed by atoms with van der Waals surface area (Å²) in [5.74, 6) is -0.267. The van der Waals surface area contributed by atoms with Crippen LogP contribution in [0.3, 0.4) is 0 Å². The van der Waals surface area contributed by atoms with Gasteiger partial charge in [0.2, 0.25) is 11.0 Å². The molecule has 0 aromatic heterocycles. The van der Waals surface area contributed by atoms with E-state index in [0.29, 0.717) is 6.54 Å². The number of thioether (sulfide) groups is 1. The maximum absolute atomic E-state index is 12.2. The van der Waals surface area contributed by atoms with E-state index in [9.17, 15) is 19.7 Å². The molecule has 0 aliphatic rings. The number of nitrogens with zero attached hydrogens (tertiary/aromatic N) is 1. The van der Waals surface area contributed by atoms with Crippen molar-refractivity contribution in [3.05, 3.63) is 45.4 Å². The number of benzene rings is 1. The highest BCUT2D eigenvalue weighted by Gasteiger charge is 2.24. The van der Waals surface area contributed by atoms with E-state index in [4.69, 9.17) is 4.74 Å². The second kappa shape index (κ2) is 12.9. The van der Waals surface area contributed by atoms with Crippen molar-refractivity contribution >= 4 is 28.5 Å². The molecule has 1 aromatic carbocycles. The van der Waals surface area contributed by atoms with E-state index in [1.165, 1.54) is 62.5 Å². The molecule has 0 bridgehead atoms. The maximum Gasteiger partial charge on any atom is 0.322 e. The molecule has 0 fully saturated rings. The molecule has 0 spiro atoms. The van der Waals surface area contributed by atoms with Crippen LogP contribution in [0.25, 0.3) is 0 Å². The molecule has 7 nitrogen and oxygen atoms in total. The van der Waals surface area contributed by atoms with Crippen LogP contribution in [0.15, 0.2) is 29.7 Å². The molecular formula is C19H26N2O5S. The number of rotatable bonds is 12. The molecule has 0 heterocycles. The van der Waals surface area contributed by atoms with Gasteiger partial charge >= 0.3 is 5.69 Å². The number of nitrogens with one attached hydrogen (secondary N) is 1. The van der Waals surface area contributed by atoms with Gasteiger partial charge in [0.15, 0.2) is 5.75 Å². The largest absolute Gasteiger partial charge is 0.490 e. The van der Waals surface area contributed by atoms with Crippen LogP contribution in [0, 0.1) is 10.1 Å². The molecule has 1 amide bonds. The van der Waals surface area contributed by atoms with Gasteiger partial charge in [0.05, 0.1) is 12.0 Å². The third kappa shape index (κ3) is 8.25. The van der Waals surface area contributed by atoms with Gasteiger partial charge in [-0.2, -0.15) is 0 Å². The molecule has 0 radical (unpaired) electrons. The summed E-state index contributed by atoms with van der Waals surface area (Å²) >= 11 is 0.721. The van der Waals surface area contributed by atoms with E-state index < -0.39 is 10.0 Å². The monoisotopic (exact) mass is 394 g/mol. The highest BCUT2D eigenvalue weighted by Crippen LogP contribution is 2.32. The Morgan fingerprint density at radius 1 is 1.22 bits per heavy atom. The van der Waals surface area contributed by atoms with Crippen molar-refractivity contribution in [1.82, 2.24) is 5.32 Å². The molecule has 0 saturated heterocycles. The highest BCUT2D eigenvalue weighted by molar-refractivity contribution is 8.16. The molecule has 1 N–H and O–H groups in total. The van der Waals surface area contributed by atoms with Crippen molar-refractivity contribution < 1.29 is 19.2 Å². The first-order valence-corrected chi connectivity index (χ1v) is 9.86. The van der Waals surface area contributed by atoms with Crippen molar-refractivity contribution in [2.45, 2.75) is 45.4 Å². The van der Waals surface area contributed by atoms with E-state index in [-0.39, 0.29) is 22.9 Å². The van der Waals surface area contributed by atoms with Crippen molar-refractivity contribution in [1.29, 1.82) is 0 Å². The quantitative estimate of drug-likeness (QED) is 0.243. The average Bonchev–Trinajstić information content (AvgIpc) is 2.66. The van der Waals surface area contributed by atoms with Gasteiger partial charge < -0.3 is 10.1 Å². The number of ether oxygens (including phenoxy) is 1. The second-order valence-electron chi connectivity index (χ2n) is 5.88. The highest BCUT2D eigenvalue weighted by atomic mass is 32.2. The van der Waals surface area contributed by atoms with Gasteiger partial charge in [0.1, 0.15) is 5.56 Å². The van der Waals surface area contributed by atoms with Gasteiger partial charge in [-0.1, -0.05) is 56.9 Å². The molecule has 0 aliphatic heterocycles. The van der Waals surface area contributed by atoms with Crippen LogP contribution >= 0.6 is 11.8 Å². The molecule has 27 heavy (non-hydrogen) atoms. The van der Waals surface area contributed by atoms with Crippen molar-refractivity contribution in [2.75, 3.05) is 13.7 Å². The first-order chi connectivity index (χ1) is 13.0. The lowest BCUT2D eigenvalue weighted by atomic mass is 10.1. The van der Waals surface area contributed by atoms with Gasteiger partial charge in [-0.25, -0.2) is 0 Å². The minimum atomic E-state index is -0.649. The molecule has 8 heteroatoms. The third-order valence-corrected chi connectivity index (χ3v) is 4.55. The lowest BCUT2D eigenvalue weighted by molar-refractivity contribution is -0.386. The van der Waals surface area contributed by atoms with Crippen LogP contribution in [-0.2, 0) is 4.79 Å². The summed E-state index contributed by atoms with van der Waals surface area (Å²) in [7, 11) is 1.30. The van der Waals surface area contributed by atoms with Crippen LogP contribution in [0.2, 0.25) is 0 Å². The summed E-state index contributed by atoms with van der Waals surface area (Å²) in [6.07, 6.45) is 8.10. The maximum atomic E-state index is 12.2. The number of carbonyl (C=O) groups excluding carboxylic acids is 2. The van der Waals surface area contributed by atoms with E-state index in [0.717, 1.165) is 24.6 Å². The molecule has 0 atom stereocenters. The summed E-state index contributed by atoms with van der Waals surface area (Å²) in [4.78, 5) is 34.5. The Morgan fingerprint density at radius 3 is 2.59 bits per heavy atom. The standard InChI is InChI=1S/C19H26N2O5S/c1-3-4-5-6-7-8-13-20-17(22)12-14-27-19(23)15-10-9-11-16(26-2)18(15)21(24)25/h9-12,14H,3-8,13H2,1-2H3,(H,20,22). The lowest BCUT2D eigenvalue weighted by Crippen LogP contribution is -2.21. The number of nitro benzene ring substituents is 1. The van der Waals surface area contributed by atoms with Gasteiger partial charge in [0.25, 0.3) is 0 Å². The molecule has 1 aromatic rings. The predicted molar refractivity (Wildman–Crippen MR) is 107 cm³/mol. The Labute approximate surface area is 163 Å². The molecular weight excluding hydrogens is 368 g/mol. The second-order valence-corrected chi connectivity index (χ2v) is 6.76. The Balaban J connectivity index is 2.46. The molecule has 148 valence electrons. The molecule has 0 unspecified atom stereocenters. The number of para-hydroxylation sites is 1. The Morgan fingerprint density at radius 2 is 1.93 bits per heavy atom. The normalized spacial score (nSPS) is 10.7. The van der Waals surface area contributed by atoms with Crippen LogP contribution in [0.1, 0.15) is 55.8 Å². The fraction of sp³-hybridized carbons (Fsp3) is 0.474. The number of methoxy groups -OCH3 is 1. The van der Waals surface area contributed by atoms with Crippen molar-refractivity contribution in [3.63, 3.8) is 0 Å².